The highest BCUT2D eigenvalue weighted by atomic mass is 79.9. The molecule has 2 heterocycles. The van der Waals surface area contributed by atoms with E-state index >= 15 is 0 Å². The maximum absolute atomic E-state index is 12.5. The maximum Gasteiger partial charge on any atom is 0.223 e. The molecule has 1 aromatic rings. The van der Waals surface area contributed by atoms with Crippen molar-refractivity contribution in [2.75, 3.05) is 43.4 Å². The number of halogens is 1. The van der Waals surface area contributed by atoms with E-state index in [2.05, 4.69) is 38.3 Å². The zero-order valence-electron chi connectivity index (χ0n) is 15.7. The summed E-state index contributed by atoms with van der Waals surface area (Å²) in [5.74, 6) is 0.578. The van der Waals surface area contributed by atoms with Gasteiger partial charge in [-0.2, -0.15) is 0 Å². The van der Waals surface area contributed by atoms with Crippen molar-refractivity contribution in [1.29, 1.82) is 0 Å². The Bertz CT molecular complexity index is 763. The van der Waals surface area contributed by atoms with Crippen LogP contribution in [0.4, 0.5) is 5.69 Å². The Morgan fingerprint density at radius 1 is 1.22 bits per heavy atom. The van der Waals surface area contributed by atoms with Crippen molar-refractivity contribution < 1.29 is 13.2 Å². The van der Waals surface area contributed by atoms with Gasteiger partial charge in [0.05, 0.1) is 5.75 Å². The lowest BCUT2D eigenvalue weighted by atomic mass is 9.97. The van der Waals surface area contributed by atoms with Gasteiger partial charge in [0.15, 0.2) is 0 Å². The van der Waals surface area contributed by atoms with E-state index in [1.54, 1.807) is 6.92 Å². The molecule has 2 saturated heterocycles. The lowest BCUT2D eigenvalue weighted by Crippen LogP contribution is -2.44. The van der Waals surface area contributed by atoms with Crippen molar-refractivity contribution >= 4 is 37.5 Å². The van der Waals surface area contributed by atoms with E-state index in [-0.39, 0.29) is 17.6 Å². The Hall–Kier alpha value is -1.12. The van der Waals surface area contributed by atoms with Crippen LogP contribution < -0.4 is 10.2 Å². The van der Waals surface area contributed by atoms with Gasteiger partial charge < -0.3 is 10.2 Å². The number of rotatable bonds is 6. The second kappa shape index (κ2) is 8.92. The molecule has 1 amide bonds. The summed E-state index contributed by atoms with van der Waals surface area (Å²) in [6, 6.07) is 8.30. The summed E-state index contributed by atoms with van der Waals surface area (Å²) in [6.07, 6.45) is 2.29. The van der Waals surface area contributed by atoms with E-state index in [4.69, 9.17) is 0 Å². The van der Waals surface area contributed by atoms with Crippen LogP contribution in [0.5, 0.6) is 0 Å². The van der Waals surface area contributed by atoms with Gasteiger partial charge >= 0.3 is 0 Å². The third kappa shape index (κ3) is 5.23. The van der Waals surface area contributed by atoms with Gasteiger partial charge in [0.2, 0.25) is 15.9 Å². The Morgan fingerprint density at radius 3 is 2.63 bits per heavy atom. The SMILES string of the molecule is CCS(=O)(=O)N1CCC(C(=O)NCC2CCN(c3cccc(Br)c3)C2)CC1. The molecular formula is C19H28BrN3O3S. The summed E-state index contributed by atoms with van der Waals surface area (Å²) in [6.45, 7) is 5.21. The largest absolute Gasteiger partial charge is 0.371 e. The second-order valence-electron chi connectivity index (χ2n) is 7.40. The van der Waals surface area contributed by atoms with Gasteiger partial charge in [0, 0.05) is 48.8 Å². The molecule has 0 bridgehead atoms. The van der Waals surface area contributed by atoms with Crippen molar-refractivity contribution in [3.8, 4) is 0 Å². The van der Waals surface area contributed by atoms with Crippen molar-refractivity contribution in [2.45, 2.75) is 26.2 Å². The molecule has 3 rings (SSSR count). The lowest BCUT2D eigenvalue weighted by Gasteiger charge is -2.30. The zero-order valence-corrected chi connectivity index (χ0v) is 18.1. The molecule has 150 valence electrons. The quantitative estimate of drug-likeness (QED) is 0.711. The molecule has 1 atom stereocenters. The molecule has 0 aromatic heterocycles. The van der Waals surface area contributed by atoms with Crippen LogP contribution in [0.3, 0.4) is 0 Å². The van der Waals surface area contributed by atoms with Crippen LogP contribution in [0.25, 0.3) is 0 Å². The third-order valence-corrected chi connectivity index (χ3v) is 7.98. The minimum atomic E-state index is -3.14. The maximum atomic E-state index is 12.5. The molecule has 8 heteroatoms. The molecule has 0 spiro atoms. The number of sulfonamides is 1. The Kier molecular flexibility index (Phi) is 6.81. The Labute approximate surface area is 170 Å². The lowest BCUT2D eigenvalue weighted by molar-refractivity contribution is -0.126. The number of carbonyl (C=O) groups is 1. The predicted molar refractivity (Wildman–Crippen MR) is 111 cm³/mol. The summed E-state index contributed by atoms with van der Waals surface area (Å²) < 4.78 is 26.4. The van der Waals surface area contributed by atoms with Gasteiger partial charge in [-0.15, -0.1) is 0 Å². The Balaban J connectivity index is 1.43. The van der Waals surface area contributed by atoms with E-state index < -0.39 is 10.0 Å². The number of piperidine rings is 1. The van der Waals surface area contributed by atoms with E-state index in [0.29, 0.717) is 38.4 Å². The molecule has 0 saturated carbocycles. The summed E-state index contributed by atoms with van der Waals surface area (Å²) in [7, 11) is -3.14. The molecule has 2 fully saturated rings. The number of nitrogens with zero attached hydrogens (tertiary/aromatic N) is 2. The van der Waals surface area contributed by atoms with Crippen LogP contribution in [0, 0.1) is 11.8 Å². The first-order valence-corrected chi connectivity index (χ1v) is 12.1. The number of anilines is 1. The monoisotopic (exact) mass is 457 g/mol. The van der Waals surface area contributed by atoms with Crippen molar-refractivity contribution in [1.82, 2.24) is 9.62 Å². The minimum absolute atomic E-state index is 0.0732. The number of hydrogen-bond donors (Lipinski definition) is 1. The Morgan fingerprint density at radius 2 is 1.96 bits per heavy atom. The van der Waals surface area contributed by atoms with Crippen LogP contribution in [0.1, 0.15) is 26.2 Å². The fraction of sp³-hybridized carbons (Fsp3) is 0.632. The van der Waals surface area contributed by atoms with Crippen molar-refractivity contribution in [3.05, 3.63) is 28.7 Å². The van der Waals surface area contributed by atoms with E-state index in [0.717, 1.165) is 24.0 Å². The second-order valence-corrected chi connectivity index (χ2v) is 10.6. The number of nitrogens with one attached hydrogen (secondary N) is 1. The van der Waals surface area contributed by atoms with E-state index in [1.165, 1.54) is 9.99 Å². The smallest absolute Gasteiger partial charge is 0.223 e. The standard InChI is InChI=1S/C19H28BrN3O3S/c1-2-27(25,26)23-10-7-16(8-11-23)19(24)21-13-15-6-9-22(14-15)18-5-3-4-17(20)12-18/h3-5,12,15-16H,2,6-11,13-14H2,1H3,(H,21,24). The molecule has 0 radical (unpaired) electrons. The fourth-order valence-electron chi connectivity index (χ4n) is 3.87. The van der Waals surface area contributed by atoms with E-state index in [1.807, 2.05) is 12.1 Å². The molecule has 2 aliphatic rings. The van der Waals surface area contributed by atoms with Crippen LogP contribution in [-0.4, -0.2) is 57.1 Å². The first kappa shape index (κ1) is 20.6. The van der Waals surface area contributed by atoms with Gasteiger partial charge in [-0.3, -0.25) is 4.79 Å². The third-order valence-electron chi connectivity index (χ3n) is 5.61. The van der Waals surface area contributed by atoms with Crippen LogP contribution in [0.15, 0.2) is 28.7 Å². The molecule has 1 aromatic carbocycles. The van der Waals surface area contributed by atoms with Crippen molar-refractivity contribution in [2.24, 2.45) is 11.8 Å². The molecule has 6 nitrogen and oxygen atoms in total. The number of benzene rings is 1. The molecular weight excluding hydrogens is 430 g/mol. The number of hydrogen-bond acceptors (Lipinski definition) is 4. The highest BCUT2D eigenvalue weighted by Gasteiger charge is 2.31. The zero-order chi connectivity index (χ0) is 19.4. The topological polar surface area (TPSA) is 69.7 Å². The average Bonchev–Trinajstić information content (AvgIpc) is 3.15. The summed E-state index contributed by atoms with van der Waals surface area (Å²) in [5, 5.41) is 3.10. The van der Waals surface area contributed by atoms with Crippen LogP contribution in [0.2, 0.25) is 0 Å². The fourth-order valence-corrected chi connectivity index (χ4v) is 5.39. The van der Waals surface area contributed by atoms with Gasteiger partial charge in [0.1, 0.15) is 0 Å². The van der Waals surface area contributed by atoms with Crippen LogP contribution >= 0.6 is 15.9 Å². The van der Waals surface area contributed by atoms with Gasteiger partial charge in [-0.05, 0) is 50.3 Å². The highest BCUT2D eigenvalue weighted by molar-refractivity contribution is 9.10. The number of carbonyl (C=O) groups excluding carboxylic acids is 1. The summed E-state index contributed by atoms with van der Waals surface area (Å²) >= 11 is 3.51. The molecule has 1 unspecified atom stereocenters. The van der Waals surface area contributed by atoms with Gasteiger partial charge in [0.25, 0.3) is 0 Å². The van der Waals surface area contributed by atoms with Gasteiger partial charge in [-0.25, -0.2) is 12.7 Å². The number of amides is 1. The first-order valence-electron chi connectivity index (χ1n) is 9.65. The van der Waals surface area contributed by atoms with Gasteiger partial charge in [-0.1, -0.05) is 22.0 Å². The molecule has 27 heavy (non-hydrogen) atoms. The van der Waals surface area contributed by atoms with Crippen molar-refractivity contribution in [3.63, 3.8) is 0 Å². The molecule has 0 aliphatic carbocycles. The highest BCUT2D eigenvalue weighted by Crippen LogP contribution is 2.26. The molecule has 2 aliphatic heterocycles. The molecule has 1 N–H and O–H groups in total. The summed E-state index contributed by atoms with van der Waals surface area (Å²) in [4.78, 5) is 14.8. The van der Waals surface area contributed by atoms with E-state index in [9.17, 15) is 13.2 Å². The van der Waals surface area contributed by atoms with Crippen LogP contribution in [-0.2, 0) is 14.8 Å². The average molecular weight is 458 g/mol. The minimum Gasteiger partial charge on any atom is -0.371 e. The normalized spacial score (nSPS) is 22.1. The predicted octanol–water partition coefficient (Wildman–Crippen LogP) is 2.45. The summed E-state index contributed by atoms with van der Waals surface area (Å²) in [5.41, 5.74) is 1.21. The first-order chi connectivity index (χ1) is 12.9.